The van der Waals surface area contributed by atoms with Crippen LogP contribution in [0.25, 0.3) is 0 Å². The molecule has 0 saturated carbocycles. The molecule has 1 aromatic rings. The van der Waals surface area contributed by atoms with Crippen LogP contribution in [-0.4, -0.2) is 24.5 Å². The number of fused-ring (bicyclic) bond motifs is 1. The molecular formula is C14H21N3OS. The Balaban J connectivity index is 2.07. The lowest BCUT2D eigenvalue weighted by Crippen LogP contribution is -2.20. The number of rotatable bonds is 5. The largest absolute Gasteiger partial charge is 0.397 e. The zero-order valence-electron chi connectivity index (χ0n) is 11.5. The number of nitrogen functional groups attached to an aromatic ring is 1. The highest BCUT2D eigenvalue weighted by atomic mass is 32.2. The van der Waals surface area contributed by atoms with Crippen molar-refractivity contribution in [2.45, 2.75) is 19.8 Å². The monoisotopic (exact) mass is 279 g/mol. The Hall–Kier alpha value is -1.36. The number of aryl methyl sites for hydroxylation is 1. The first-order valence-electron chi connectivity index (χ1n) is 6.55. The molecule has 0 saturated heterocycles. The first-order chi connectivity index (χ1) is 9.10. The van der Waals surface area contributed by atoms with Gasteiger partial charge in [0, 0.05) is 18.7 Å². The van der Waals surface area contributed by atoms with Crippen LogP contribution in [0.1, 0.15) is 18.9 Å². The molecule has 0 radical (unpaired) electrons. The molecule has 19 heavy (non-hydrogen) atoms. The van der Waals surface area contributed by atoms with Crippen LogP contribution in [0.4, 0.5) is 17.1 Å². The molecule has 1 atom stereocenters. The van der Waals surface area contributed by atoms with E-state index in [0.29, 0.717) is 18.0 Å². The molecule has 1 aliphatic heterocycles. The third-order valence-electron chi connectivity index (χ3n) is 3.26. The molecule has 2 rings (SSSR count). The van der Waals surface area contributed by atoms with Gasteiger partial charge in [-0.1, -0.05) is 6.92 Å². The molecule has 0 bridgehead atoms. The molecule has 1 heterocycles. The van der Waals surface area contributed by atoms with Crippen molar-refractivity contribution in [2.75, 3.05) is 34.9 Å². The van der Waals surface area contributed by atoms with E-state index < -0.39 is 0 Å². The highest BCUT2D eigenvalue weighted by Gasteiger charge is 2.16. The summed E-state index contributed by atoms with van der Waals surface area (Å²) in [5, 5.41) is 6.27. The van der Waals surface area contributed by atoms with Crippen LogP contribution in [0.5, 0.6) is 0 Å². The number of anilines is 3. The summed E-state index contributed by atoms with van der Waals surface area (Å²) in [4.78, 5) is 11.3. The molecule has 1 amide bonds. The smallest absolute Gasteiger partial charge is 0.224 e. The molecule has 104 valence electrons. The van der Waals surface area contributed by atoms with Gasteiger partial charge in [0.25, 0.3) is 0 Å². The van der Waals surface area contributed by atoms with Crippen molar-refractivity contribution < 1.29 is 4.79 Å². The molecule has 4 N–H and O–H groups in total. The molecule has 1 unspecified atom stereocenters. The maximum Gasteiger partial charge on any atom is 0.224 e. The van der Waals surface area contributed by atoms with Gasteiger partial charge >= 0.3 is 0 Å². The number of hydrogen-bond donors (Lipinski definition) is 3. The lowest BCUT2D eigenvalue weighted by atomic mass is 10.0. The number of nitrogens with one attached hydrogen (secondary N) is 2. The fraction of sp³-hybridized carbons (Fsp3) is 0.500. The molecule has 0 aliphatic carbocycles. The van der Waals surface area contributed by atoms with Gasteiger partial charge in [-0.3, -0.25) is 4.79 Å². The molecule has 1 aliphatic rings. The highest BCUT2D eigenvalue weighted by Crippen LogP contribution is 2.31. The second-order valence-electron chi connectivity index (χ2n) is 5.09. The Kier molecular flexibility index (Phi) is 4.58. The van der Waals surface area contributed by atoms with E-state index in [0.717, 1.165) is 35.7 Å². The average Bonchev–Trinajstić information content (AvgIpc) is 2.36. The molecule has 5 heteroatoms. The van der Waals surface area contributed by atoms with Gasteiger partial charge in [-0.25, -0.2) is 0 Å². The van der Waals surface area contributed by atoms with Crippen molar-refractivity contribution in [2.24, 2.45) is 5.92 Å². The van der Waals surface area contributed by atoms with Crippen LogP contribution >= 0.6 is 11.8 Å². The van der Waals surface area contributed by atoms with Gasteiger partial charge in [-0.05, 0) is 42.0 Å². The van der Waals surface area contributed by atoms with Crippen LogP contribution in [0.15, 0.2) is 12.1 Å². The quantitative estimate of drug-likeness (QED) is 0.725. The van der Waals surface area contributed by atoms with Crippen molar-refractivity contribution in [1.29, 1.82) is 0 Å². The van der Waals surface area contributed by atoms with Gasteiger partial charge in [-0.15, -0.1) is 0 Å². The minimum Gasteiger partial charge on any atom is -0.397 e. The SMILES string of the molecule is CSCC(C)CNc1cc2c(cc1N)NC(=O)CC2. The summed E-state index contributed by atoms with van der Waals surface area (Å²) < 4.78 is 0. The van der Waals surface area contributed by atoms with Crippen LogP contribution in [0, 0.1) is 5.92 Å². The minimum atomic E-state index is 0.0706. The van der Waals surface area contributed by atoms with Gasteiger partial charge in [0.05, 0.1) is 11.4 Å². The summed E-state index contributed by atoms with van der Waals surface area (Å²) in [5.74, 6) is 1.81. The summed E-state index contributed by atoms with van der Waals surface area (Å²) in [7, 11) is 0. The second-order valence-corrected chi connectivity index (χ2v) is 6.00. The van der Waals surface area contributed by atoms with Crippen LogP contribution < -0.4 is 16.4 Å². The molecular weight excluding hydrogens is 258 g/mol. The van der Waals surface area contributed by atoms with Crippen LogP contribution in [0.3, 0.4) is 0 Å². The Morgan fingerprint density at radius 1 is 1.47 bits per heavy atom. The van der Waals surface area contributed by atoms with E-state index in [1.165, 1.54) is 0 Å². The fourth-order valence-corrected chi connectivity index (χ4v) is 2.91. The molecule has 0 spiro atoms. The number of amides is 1. The van der Waals surface area contributed by atoms with Crippen molar-refractivity contribution >= 4 is 34.7 Å². The summed E-state index contributed by atoms with van der Waals surface area (Å²) in [6.07, 6.45) is 3.46. The third-order valence-corrected chi connectivity index (χ3v) is 4.17. The van der Waals surface area contributed by atoms with E-state index in [-0.39, 0.29) is 5.91 Å². The molecule has 4 nitrogen and oxygen atoms in total. The number of thioether (sulfide) groups is 1. The first kappa shape index (κ1) is 14.1. The van der Waals surface area contributed by atoms with Gasteiger partial charge in [0.2, 0.25) is 5.91 Å². The molecule has 0 aromatic heterocycles. The zero-order valence-corrected chi connectivity index (χ0v) is 12.3. The normalized spacial score (nSPS) is 15.6. The summed E-state index contributed by atoms with van der Waals surface area (Å²) in [6, 6.07) is 3.92. The van der Waals surface area contributed by atoms with E-state index in [1.54, 1.807) is 0 Å². The minimum absolute atomic E-state index is 0.0706. The zero-order chi connectivity index (χ0) is 13.8. The standard InChI is InChI=1S/C14H21N3OS/c1-9(8-19-2)7-16-13-5-10-3-4-14(18)17-12(10)6-11(13)15/h5-6,9,16H,3-4,7-8,15H2,1-2H3,(H,17,18). The van der Waals surface area contributed by atoms with E-state index in [9.17, 15) is 4.79 Å². The third kappa shape index (κ3) is 3.56. The van der Waals surface area contributed by atoms with Gasteiger partial charge in [0.1, 0.15) is 0 Å². The van der Waals surface area contributed by atoms with E-state index in [1.807, 2.05) is 17.8 Å². The number of benzene rings is 1. The van der Waals surface area contributed by atoms with E-state index in [4.69, 9.17) is 5.73 Å². The van der Waals surface area contributed by atoms with Gasteiger partial charge < -0.3 is 16.4 Å². The van der Waals surface area contributed by atoms with Crippen molar-refractivity contribution in [1.82, 2.24) is 0 Å². The van der Waals surface area contributed by atoms with Crippen molar-refractivity contribution in [3.8, 4) is 0 Å². The molecule has 1 aromatic carbocycles. The fourth-order valence-electron chi connectivity index (χ4n) is 2.23. The van der Waals surface area contributed by atoms with E-state index in [2.05, 4.69) is 29.9 Å². The average molecular weight is 279 g/mol. The second kappa shape index (κ2) is 6.19. The number of hydrogen-bond acceptors (Lipinski definition) is 4. The predicted octanol–water partition coefficient (Wildman–Crippen LogP) is 2.56. The first-order valence-corrected chi connectivity index (χ1v) is 7.94. The Morgan fingerprint density at radius 2 is 2.26 bits per heavy atom. The summed E-state index contributed by atoms with van der Waals surface area (Å²) in [6.45, 7) is 3.13. The van der Waals surface area contributed by atoms with Gasteiger partial charge in [-0.2, -0.15) is 11.8 Å². The van der Waals surface area contributed by atoms with Crippen molar-refractivity contribution in [3.05, 3.63) is 17.7 Å². The Bertz CT molecular complexity index is 476. The Morgan fingerprint density at radius 3 is 3.00 bits per heavy atom. The topological polar surface area (TPSA) is 67.2 Å². The lowest BCUT2D eigenvalue weighted by Gasteiger charge is -2.20. The van der Waals surface area contributed by atoms with Crippen LogP contribution in [0.2, 0.25) is 0 Å². The van der Waals surface area contributed by atoms with Crippen LogP contribution in [-0.2, 0) is 11.2 Å². The maximum absolute atomic E-state index is 11.3. The van der Waals surface area contributed by atoms with Crippen molar-refractivity contribution in [3.63, 3.8) is 0 Å². The summed E-state index contributed by atoms with van der Waals surface area (Å²) >= 11 is 1.85. The Labute approximate surface area is 118 Å². The highest BCUT2D eigenvalue weighted by molar-refractivity contribution is 7.98. The lowest BCUT2D eigenvalue weighted by molar-refractivity contribution is -0.116. The summed E-state index contributed by atoms with van der Waals surface area (Å²) in [5.41, 5.74) is 9.72. The van der Waals surface area contributed by atoms with Gasteiger partial charge in [0.15, 0.2) is 0 Å². The number of nitrogens with two attached hydrogens (primary N) is 1. The number of carbonyl (C=O) groups excluding carboxylic acids is 1. The number of carbonyl (C=O) groups is 1. The van der Waals surface area contributed by atoms with E-state index >= 15 is 0 Å². The molecule has 0 fully saturated rings. The maximum atomic E-state index is 11.3. The predicted molar refractivity (Wildman–Crippen MR) is 83.8 cm³/mol.